The highest BCUT2D eigenvalue weighted by Gasteiger charge is 2.14. The Morgan fingerprint density at radius 3 is 2.58 bits per heavy atom. The fraction of sp³-hybridized carbons (Fsp3) is 0.438. The molecule has 100 valence electrons. The van der Waals surface area contributed by atoms with E-state index in [4.69, 9.17) is 9.47 Å². The predicted octanol–water partition coefficient (Wildman–Crippen LogP) is 3.37. The summed E-state index contributed by atoms with van der Waals surface area (Å²) in [4.78, 5) is 11.7. The van der Waals surface area contributed by atoms with E-state index in [1.807, 2.05) is 18.2 Å². The molecule has 3 nitrogen and oxygen atoms in total. The molecule has 1 aliphatic carbocycles. The highest BCUT2D eigenvalue weighted by Crippen LogP contribution is 2.34. The van der Waals surface area contributed by atoms with E-state index >= 15 is 0 Å². The van der Waals surface area contributed by atoms with Gasteiger partial charge in [0.1, 0.15) is 0 Å². The highest BCUT2D eigenvalue weighted by atomic mass is 16.5. The molecule has 1 aliphatic heterocycles. The average molecular weight is 258 g/mol. The number of fused-ring (bicyclic) bond motifs is 1. The van der Waals surface area contributed by atoms with Crippen LogP contribution in [0.15, 0.2) is 24.3 Å². The zero-order valence-electron chi connectivity index (χ0n) is 11.0. The van der Waals surface area contributed by atoms with Crippen molar-refractivity contribution in [1.29, 1.82) is 0 Å². The number of hydrogen-bond acceptors (Lipinski definition) is 3. The van der Waals surface area contributed by atoms with Gasteiger partial charge in [0, 0.05) is 12.8 Å². The van der Waals surface area contributed by atoms with Gasteiger partial charge in [-0.1, -0.05) is 6.07 Å². The molecule has 0 N–H and O–H groups in total. The molecule has 0 unspecified atom stereocenters. The average Bonchev–Trinajstić information content (AvgIpc) is 2.77. The molecule has 0 aromatic heterocycles. The van der Waals surface area contributed by atoms with Crippen molar-refractivity contribution in [1.82, 2.24) is 0 Å². The fourth-order valence-corrected chi connectivity index (χ4v) is 2.54. The molecule has 0 bridgehead atoms. The largest absolute Gasteiger partial charge is 0.490 e. The van der Waals surface area contributed by atoms with Crippen molar-refractivity contribution >= 4 is 11.4 Å². The van der Waals surface area contributed by atoms with Crippen molar-refractivity contribution in [2.24, 2.45) is 0 Å². The van der Waals surface area contributed by atoms with Gasteiger partial charge in [0.25, 0.3) is 0 Å². The van der Waals surface area contributed by atoms with E-state index in [0.717, 1.165) is 48.3 Å². The summed E-state index contributed by atoms with van der Waals surface area (Å²) in [6.45, 7) is 1.39. The first-order valence-electron chi connectivity index (χ1n) is 6.96. The Kier molecular flexibility index (Phi) is 3.53. The number of ketones is 1. The van der Waals surface area contributed by atoms with E-state index in [1.165, 1.54) is 0 Å². The number of hydrogen-bond donors (Lipinski definition) is 0. The van der Waals surface area contributed by atoms with Gasteiger partial charge in [0.2, 0.25) is 0 Å². The zero-order chi connectivity index (χ0) is 13.1. The lowest BCUT2D eigenvalue weighted by Gasteiger charge is -2.11. The SMILES string of the molecule is O=C1C=C(c2ccc3c(c2)OCCCO3)CCCC1. The van der Waals surface area contributed by atoms with Gasteiger partial charge in [-0.25, -0.2) is 0 Å². The summed E-state index contributed by atoms with van der Waals surface area (Å²) in [5.41, 5.74) is 2.21. The van der Waals surface area contributed by atoms with E-state index in [0.29, 0.717) is 19.6 Å². The van der Waals surface area contributed by atoms with Gasteiger partial charge in [-0.15, -0.1) is 0 Å². The van der Waals surface area contributed by atoms with E-state index in [9.17, 15) is 4.79 Å². The molecule has 0 spiro atoms. The van der Waals surface area contributed by atoms with Crippen molar-refractivity contribution in [3.05, 3.63) is 29.8 Å². The van der Waals surface area contributed by atoms with Crippen LogP contribution in [0.3, 0.4) is 0 Å². The Morgan fingerprint density at radius 1 is 0.895 bits per heavy atom. The molecular formula is C16H18O3. The topological polar surface area (TPSA) is 35.5 Å². The minimum Gasteiger partial charge on any atom is -0.490 e. The van der Waals surface area contributed by atoms with Crippen LogP contribution < -0.4 is 9.47 Å². The van der Waals surface area contributed by atoms with E-state index in [2.05, 4.69) is 0 Å². The Morgan fingerprint density at radius 2 is 1.68 bits per heavy atom. The Labute approximate surface area is 113 Å². The molecule has 0 fully saturated rings. The van der Waals surface area contributed by atoms with Crippen LogP contribution in [0.4, 0.5) is 0 Å². The maximum atomic E-state index is 11.7. The highest BCUT2D eigenvalue weighted by molar-refractivity contribution is 5.97. The van der Waals surface area contributed by atoms with E-state index in [1.54, 1.807) is 6.08 Å². The predicted molar refractivity (Wildman–Crippen MR) is 73.5 cm³/mol. The minimum atomic E-state index is 0.236. The standard InChI is InChI=1S/C16H18O3/c17-14-5-2-1-4-12(10-14)13-6-7-15-16(11-13)19-9-3-8-18-15/h6-7,10-11H,1-5,8-9H2. The summed E-state index contributed by atoms with van der Waals surface area (Å²) in [6.07, 6.45) is 6.41. The van der Waals surface area contributed by atoms with Crippen LogP contribution in [0, 0.1) is 0 Å². The molecule has 1 aromatic rings. The molecular weight excluding hydrogens is 240 g/mol. The number of allylic oxidation sites excluding steroid dienone is 2. The van der Waals surface area contributed by atoms with Crippen molar-refractivity contribution in [2.75, 3.05) is 13.2 Å². The minimum absolute atomic E-state index is 0.236. The third kappa shape index (κ3) is 2.80. The Bertz CT molecular complexity index is 517. The molecule has 1 aromatic carbocycles. The maximum Gasteiger partial charge on any atom is 0.161 e. The first kappa shape index (κ1) is 12.3. The molecule has 19 heavy (non-hydrogen) atoms. The summed E-state index contributed by atoms with van der Waals surface area (Å²) in [5, 5.41) is 0. The molecule has 0 amide bonds. The van der Waals surface area contributed by atoms with Crippen LogP contribution in [0.25, 0.3) is 5.57 Å². The van der Waals surface area contributed by atoms with Crippen molar-refractivity contribution < 1.29 is 14.3 Å². The lowest BCUT2D eigenvalue weighted by atomic mass is 10.0. The van der Waals surface area contributed by atoms with Gasteiger partial charge in [-0.3, -0.25) is 4.79 Å². The van der Waals surface area contributed by atoms with Gasteiger partial charge < -0.3 is 9.47 Å². The molecule has 3 rings (SSSR count). The van der Waals surface area contributed by atoms with Crippen LogP contribution in [0.1, 0.15) is 37.7 Å². The van der Waals surface area contributed by atoms with Crippen LogP contribution in [-0.4, -0.2) is 19.0 Å². The smallest absolute Gasteiger partial charge is 0.161 e. The summed E-state index contributed by atoms with van der Waals surface area (Å²) in [5.74, 6) is 1.84. The second kappa shape index (κ2) is 5.47. The first-order valence-corrected chi connectivity index (χ1v) is 6.96. The van der Waals surface area contributed by atoms with E-state index in [-0.39, 0.29) is 5.78 Å². The maximum absolute atomic E-state index is 11.7. The molecule has 0 saturated carbocycles. The molecule has 0 radical (unpaired) electrons. The lowest BCUT2D eigenvalue weighted by molar-refractivity contribution is -0.114. The molecule has 0 atom stereocenters. The molecule has 2 aliphatic rings. The summed E-state index contributed by atoms with van der Waals surface area (Å²) in [7, 11) is 0. The number of benzene rings is 1. The Hall–Kier alpha value is -1.77. The van der Waals surface area contributed by atoms with Crippen LogP contribution >= 0.6 is 0 Å². The van der Waals surface area contributed by atoms with Crippen LogP contribution in [0.2, 0.25) is 0 Å². The molecule has 0 saturated heterocycles. The number of carbonyl (C=O) groups excluding carboxylic acids is 1. The van der Waals surface area contributed by atoms with Gasteiger partial charge in [0.15, 0.2) is 17.3 Å². The zero-order valence-corrected chi connectivity index (χ0v) is 11.0. The van der Waals surface area contributed by atoms with Gasteiger partial charge in [0.05, 0.1) is 13.2 Å². The van der Waals surface area contributed by atoms with Gasteiger partial charge in [-0.05, 0) is 48.6 Å². The van der Waals surface area contributed by atoms with Crippen molar-refractivity contribution in [3.8, 4) is 11.5 Å². The quantitative estimate of drug-likeness (QED) is 0.774. The second-order valence-electron chi connectivity index (χ2n) is 5.05. The normalized spacial score (nSPS) is 19.4. The molecule has 1 heterocycles. The number of rotatable bonds is 1. The number of ether oxygens (including phenoxy) is 2. The summed E-state index contributed by atoms with van der Waals surface area (Å²) >= 11 is 0. The molecule has 3 heteroatoms. The lowest BCUT2D eigenvalue weighted by Crippen LogP contribution is -1.97. The summed E-state index contributed by atoms with van der Waals surface area (Å²) in [6, 6.07) is 5.98. The van der Waals surface area contributed by atoms with Gasteiger partial charge in [-0.2, -0.15) is 0 Å². The first-order chi connectivity index (χ1) is 9.33. The third-order valence-corrected chi connectivity index (χ3v) is 3.57. The van der Waals surface area contributed by atoms with E-state index < -0.39 is 0 Å². The van der Waals surface area contributed by atoms with Crippen molar-refractivity contribution in [2.45, 2.75) is 32.1 Å². The summed E-state index contributed by atoms with van der Waals surface area (Å²) < 4.78 is 11.3. The number of carbonyl (C=O) groups is 1. The third-order valence-electron chi connectivity index (χ3n) is 3.57. The van der Waals surface area contributed by atoms with Crippen molar-refractivity contribution in [3.63, 3.8) is 0 Å². The van der Waals surface area contributed by atoms with Gasteiger partial charge >= 0.3 is 0 Å². The monoisotopic (exact) mass is 258 g/mol. The second-order valence-corrected chi connectivity index (χ2v) is 5.05. The van der Waals surface area contributed by atoms with Crippen LogP contribution in [-0.2, 0) is 4.79 Å². The Balaban J connectivity index is 1.92. The van der Waals surface area contributed by atoms with Crippen LogP contribution in [0.5, 0.6) is 11.5 Å². The fourth-order valence-electron chi connectivity index (χ4n) is 2.54.